The monoisotopic (exact) mass is 324 g/mol. The first kappa shape index (κ1) is 15.4. The Labute approximate surface area is 132 Å². The summed E-state index contributed by atoms with van der Waals surface area (Å²) in [6.07, 6.45) is 1.54. The van der Waals surface area contributed by atoms with Crippen LogP contribution in [0, 0.1) is 13.8 Å². The minimum Gasteiger partial charge on any atom is -0.350 e. The number of nitrogens with one attached hydrogen (secondary N) is 1. The lowest BCUT2D eigenvalue weighted by Gasteiger charge is -2.11. The third kappa shape index (κ3) is 3.37. The van der Waals surface area contributed by atoms with E-state index < -0.39 is 6.03 Å². The Hall–Kier alpha value is -1.98. The second kappa shape index (κ2) is 6.20. The number of hydrogen-bond acceptors (Lipinski definition) is 2. The predicted octanol–water partition coefficient (Wildman–Crippen LogP) is 3.40. The minimum absolute atomic E-state index is 0.558. The Morgan fingerprint density at radius 3 is 2.67 bits per heavy atom. The van der Waals surface area contributed by atoms with Crippen molar-refractivity contribution in [3.63, 3.8) is 0 Å². The van der Waals surface area contributed by atoms with E-state index >= 15 is 0 Å². The van der Waals surface area contributed by atoms with E-state index in [1.807, 2.05) is 30.5 Å². The first-order valence-electron chi connectivity index (χ1n) is 6.13. The van der Waals surface area contributed by atoms with Crippen molar-refractivity contribution in [1.82, 2.24) is 9.99 Å². The molecule has 2 aromatic rings. The molecule has 3 N–H and O–H groups in total. The fourth-order valence-corrected chi connectivity index (χ4v) is 2.61. The number of nitrogens with zero attached hydrogens (tertiary/aromatic N) is 2. The van der Waals surface area contributed by atoms with E-state index in [0.29, 0.717) is 10.0 Å². The summed E-state index contributed by atoms with van der Waals surface area (Å²) in [7, 11) is 0. The first-order chi connectivity index (χ1) is 9.90. The highest BCUT2D eigenvalue weighted by Gasteiger charge is 2.12. The van der Waals surface area contributed by atoms with Gasteiger partial charge in [-0.2, -0.15) is 5.10 Å². The molecule has 0 bridgehead atoms. The molecule has 1 aromatic carbocycles. The molecular weight excluding hydrogens is 311 g/mol. The molecule has 0 fully saturated rings. The average Bonchev–Trinajstić information content (AvgIpc) is 2.65. The molecule has 7 heteroatoms. The van der Waals surface area contributed by atoms with Crippen LogP contribution in [0.1, 0.15) is 17.0 Å². The van der Waals surface area contributed by atoms with Crippen LogP contribution in [0.5, 0.6) is 0 Å². The number of carbonyl (C=O) groups excluding carboxylic acids is 1. The molecule has 0 saturated heterocycles. The number of halogens is 2. The number of nitrogens with two attached hydrogens (primary N) is 1. The van der Waals surface area contributed by atoms with Crippen molar-refractivity contribution in [2.45, 2.75) is 13.8 Å². The van der Waals surface area contributed by atoms with Crippen molar-refractivity contribution in [3.05, 3.63) is 51.3 Å². The molecule has 0 aliphatic carbocycles. The molecule has 21 heavy (non-hydrogen) atoms. The Balaban J connectivity index is 2.44. The van der Waals surface area contributed by atoms with Crippen LogP contribution in [-0.4, -0.2) is 16.8 Å². The van der Waals surface area contributed by atoms with Gasteiger partial charge in [-0.05, 0) is 38.1 Å². The van der Waals surface area contributed by atoms with E-state index in [1.54, 1.807) is 12.1 Å². The summed E-state index contributed by atoms with van der Waals surface area (Å²) in [5.74, 6) is 0. The van der Waals surface area contributed by atoms with Crippen LogP contribution in [0.25, 0.3) is 5.69 Å². The van der Waals surface area contributed by atoms with E-state index in [4.69, 9.17) is 28.9 Å². The molecule has 0 unspecified atom stereocenters. The standard InChI is InChI=1S/C14H14Cl2N4O/c1-8-5-10(7-18-19-14(17)21)9(2)20(8)13-4-3-11(15)6-12(13)16/h3-7H,1-2H3,(H3,17,19,21)/b18-7+. The lowest BCUT2D eigenvalue weighted by Crippen LogP contribution is -2.24. The number of aromatic nitrogens is 1. The first-order valence-corrected chi connectivity index (χ1v) is 6.88. The van der Waals surface area contributed by atoms with Crippen molar-refractivity contribution in [2.75, 3.05) is 0 Å². The van der Waals surface area contributed by atoms with Gasteiger partial charge in [0.2, 0.25) is 0 Å². The maximum absolute atomic E-state index is 10.6. The molecule has 1 heterocycles. The van der Waals surface area contributed by atoms with Gasteiger partial charge in [0.15, 0.2) is 0 Å². The molecule has 0 radical (unpaired) electrons. The quantitative estimate of drug-likeness (QED) is 0.659. The summed E-state index contributed by atoms with van der Waals surface area (Å²) in [6.45, 7) is 3.89. The van der Waals surface area contributed by atoms with Gasteiger partial charge in [0, 0.05) is 22.0 Å². The molecule has 0 aliphatic rings. The molecule has 1 aromatic heterocycles. The van der Waals surface area contributed by atoms with Crippen LogP contribution < -0.4 is 11.2 Å². The highest BCUT2D eigenvalue weighted by atomic mass is 35.5. The van der Waals surface area contributed by atoms with Crippen molar-refractivity contribution >= 4 is 35.4 Å². The van der Waals surface area contributed by atoms with Gasteiger partial charge < -0.3 is 10.3 Å². The van der Waals surface area contributed by atoms with Gasteiger partial charge in [-0.25, -0.2) is 10.2 Å². The summed E-state index contributed by atoms with van der Waals surface area (Å²) in [4.78, 5) is 10.6. The van der Waals surface area contributed by atoms with E-state index in [1.165, 1.54) is 6.21 Å². The molecule has 2 amide bonds. The van der Waals surface area contributed by atoms with E-state index in [-0.39, 0.29) is 0 Å². The topological polar surface area (TPSA) is 72.4 Å². The number of aryl methyl sites for hydroxylation is 1. The van der Waals surface area contributed by atoms with Crippen molar-refractivity contribution in [1.29, 1.82) is 0 Å². The van der Waals surface area contributed by atoms with Gasteiger partial charge in [-0.3, -0.25) is 0 Å². The molecular formula is C14H14Cl2N4O. The van der Waals surface area contributed by atoms with Crippen LogP contribution in [0.15, 0.2) is 29.4 Å². The number of primary amides is 1. The zero-order chi connectivity index (χ0) is 15.6. The Morgan fingerprint density at radius 2 is 2.05 bits per heavy atom. The van der Waals surface area contributed by atoms with Crippen LogP contribution in [-0.2, 0) is 0 Å². The van der Waals surface area contributed by atoms with Crippen LogP contribution in [0.3, 0.4) is 0 Å². The third-order valence-corrected chi connectivity index (χ3v) is 3.54. The second-order valence-electron chi connectivity index (χ2n) is 4.49. The second-order valence-corrected chi connectivity index (χ2v) is 5.34. The summed E-state index contributed by atoms with van der Waals surface area (Å²) in [6, 6.07) is 6.56. The SMILES string of the molecule is Cc1cc(/C=N/NC(N)=O)c(C)n1-c1ccc(Cl)cc1Cl. The normalized spacial score (nSPS) is 11.0. The van der Waals surface area contributed by atoms with Crippen molar-refractivity contribution < 1.29 is 4.79 Å². The van der Waals surface area contributed by atoms with Gasteiger partial charge >= 0.3 is 6.03 Å². The predicted molar refractivity (Wildman–Crippen MR) is 85.6 cm³/mol. The zero-order valence-corrected chi connectivity index (χ0v) is 13.0. The average molecular weight is 325 g/mol. The minimum atomic E-state index is -0.708. The third-order valence-electron chi connectivity index (χ3n) is 3.00. The summed E-state index contributed by atoms with van der Waals surface area (Å²) < 4.78 is 1.99. The van der Waals surface area contributed by atoms with Gasteiger partial charge in [0.25, 0.3) is 0 Å². The van der Waals surface area contributed by atoms with Crippen LogP contribution in [0.2, 0.25) is 10.0 Å². The molecule has 110 valence electrons. The van der Waals surface area contributed by atoms with Crippen LogP contribution in [0.4, 0.5) is 4.79 Å². The molecule has 0 aliphatic heterocycles. The fraction of sp³-hybridized carbons (Fsp3) is 0.143. The van der Waals surface area contributed by atoms with Crippen molar-refractivity contribution in [3.8, 4) is 5.69 Å². The van der Waals surface area contributed by atoms with E-state index in [2.05, 4.69) is 10.5 Å². The Morgan fingerprint density at radius 1 is 1.33 bits per heavy atom. The summed E-state index contributed by atoms with van der Waals surface area (Å²) >= 11 is 12.2. The zero-order valence-electron chi connectivity index (χ0n) is 11.5. The lowest BCUT2D eigenvalue weighted by molar-refractivity contribution is 0.249. The van der Waals surface area contributed by atoms with E-state index in [0.717, 1.165) is 22.6 Å². The summed E-state index contributed by atoms with van der Waals surface area (Å²) in [5.41, 5.74) is 10.7. The van der Waals surface area contributed by atoms with Gasteiger partial charge in [-0.15, -0.1) is 0 Å². The maximum Gasteiger partial charge on any atom is 0.332 e. The molecule has 0 atom stereocenters. The van der Waals surface area contributed by atoms with Crippen LogP contribution >= 0.6 is 23.2 Å². The maximum atomic E-state index is 10.6. The number of benzene rings is 1. The fourth-order valence-electron chi connectivity index (χ4n) is 2.12. The van der Waals surface area contributed by atoms with Gasteiger partial charge in [0.1, 0.15) is 0 Å². The molecule has 0 spiro atoms. The lowest BCUT2D eigenvalue weighted by atomic mass is 10.2. The number of hydrogen-bond donors (Lipinski definition) is 2. The number of hydrazone groups is 1. The molecule has 0 saturated carbocycles. The number of urea groups is 1. The smallest absolute Gasteiger partial charge is 0.332 e. The summed E-state index contributed by atoms with van der Waals surface area (Å²) in [5, 5.41) is 4.91. The van der Waals surface area contributed by atoms with Crippen molar-refractivity contribution in [2.24, 2.45) is 10.8 Å². The molecule has 2 rings (SSSR count). The Bertz CT molecular complexity index is 722. The number of amides is 2. The van der Waals surface area contributed by atoms with Gasteiger partial charge in [0.05, 0.1) is 16.9 Å². The van der Waals surface area contributed by atoms with E-state index in [9.17, 15) is 4.79 Å². The highest BCUT2D eigenvalue weighted by molar-refractivity contribution is 6.35. The molecule has 5 nitrogen and oxygen atoms in total. The highest BCUT2D eigenvalue weighted by Crippen LogP contribution is 2.28. The largest absolute Gasteiger partial charge is 0.350 e. The number of rotatable bonds is 3. The Kier molecular flexibility index (Phi) is 4.55. The van der Waals surface area contributed by atoms with Gasteiger partial charge in [-0.1, -0.05) is 23.2 Å². The number of carbonyl (C=O) groups is 1.